The van der Waals surface area contributed by atoms with Crippen molar-refractivity contribution < 1.29 is 43.9 Å². The molecule has 20 heavy (non-hydrogen) atoms. The van der Waals surface area contributed by atoms with Crippen LogP contribution in [-0.4, -0.2) is 29.6 Å². The molecule has 1 fully saturated rings. The molecule has 0 N–H and O–H groups in total. The Labute approximate surface area is 107 Å². The number of rotatable bonds is 2. The molecule has 0 aromatic carbocycles. The maximum atomic E-state index is 13.5. The first kappa shape index (κ1) is 17.4. The van der Waals surface area contributed by atoms with Gasteiger partial charge in [0.1, 0.15) is 0 Å². The largest absolute Gasteiger partial charge is 0.372 e. The van der Waals surface area contributed by atoms with E-state index in [1.165, 1.54) is 0 Å². The minimum absolute atomic E-state index is 0.553. The van der Waals surface area contributed by atoms with Gasteiger partial charge in [0.25, 0.3) is 11.8 Å². The minimum Gasteiger partial charge on any atom is -0.206 e. The zero-order valence-corrected chi connectivity index (χ0v) is 10.1. The van der Waals surface area contributed by atoms with Crippen LogP contribution in [0.15, 0.2) is 0 Å². The molecule has 0 radical (unpaired) electrons. The van der Waals surface area contributed by atoms with Crippen LogP contribution in [0.25, 0.3) is 0 Å². The highest BCUT2D eigenvalue weighted by atomic mass is 19.3. The smallest absolute Gasteiger partial charge is 0.206 e. The second-order valence-corrected chi connectivity index (χ2v) is 5.10. The van der Waals surface area contributed by atoms with E-state index >= 15 is 0 Å². The van der Waals surface area contributed by atoms with Crippen LogP contribution in [-0.2, 0) is 0 Å². The lowest BCUT2D eigenvalue weighted by atomic mass is 9.71. The monoisotopic (exact) mass is 320 g/mol. The van der Waals surface area contributed by atoms with E-state index in [1.807, 2.05) is 0 Å². The summed E-state index contributed by atoms with van der Waals surface area (Å²) in [6.07, 6.45) is -3.06. The predicted octanol–water partition coefficient (Wildman–Crippen LogP) is 4.84. The van der Waals surface area contributed by atoms with Crippen molar-refractivity contribution in [2.45, 2.75) is 49.9 Å². The average Bonchev–Trinajstić information content (AvgIpc) is 2.10. The van der Waals surface area contributed by atoms with Gasteiger partial charge in [-0.15, -0.1) is 0 Å². The summed E-state index contributed by atoms with van der Waals surface area (Å²) in [5, 5.41) is 0. The van der Waals surface area contributed by atoms with E-state index in [0.29, 0.717) is 13.8 Å². The van der Waals surface area contributed by atoms with Crippen LogP contribution in [0.2, 0.25) is 0 Å². The fourth-order valence-electron chi connectivity index (χ4n) is 2.06. The highest BCUT2D eigenvalue weighted by Crippen LogP contribution is 2.64. The quantitative estimate of drug-likeness (QED) is 0.639. The first-order chi connectivity index (χ1) is 8.52. The first-order valence-corrected chi connectivity index (χ1v) is 5.41. The minimum atomic E-state index is -6.29. The molecule has 0 aliphatic heterocycles. The fourth-order valence-corrected chi connectivity index (χ4v) is 2.06. The molecule has 1 aliphatic carbocycles. The van der Waals surface area contributed by atoms with Crippen LogP contribution >= 0.6 is 0 Å². The molecular weight excluding hydrogens is 310 g/mol. The Morgan fingerprint density at radius 3 is 1.65 bits per heavy atom. The molecule has 1 aliphatic rings. The summed E-state index contributed by atoms with van der Waals surface area (Å²) in [5.74, 6) is -35.3. The van der Waals surface area contributed by atoms with Crippen molar-refractivity contribution in [3.8, 4) is 0 Å². The number of halogens is 10. The summed E-state index contributed by atoms with van der Waals surface area (Å²) in [7, 11) is 0. The number of hydrogen-bond acceptors (Lipinski definition) is 0. The molecule has 0 aromatic heterocycles. The summed E-state index contributed by atoms with van der Waals surface area (Å²) < 4.78 is 132. The van der Waals surface area contributed by atoms with Gasteiger partial charge in [0, 0.05) is 5.92 Å². The maximum absolute atomic E-state index is 13.5. The van der Waals surface area contributed by atoms with Crippen molar-refractivity contribution in [1.29, 1.82) is 0 Å². The lowest BCUT2D eigenvalue weighted by Crippen LogP contribution is -2.71. The normalized spacial score (nSPS) is 31.4. The lowest BCUT2D eigenvalue weighted by Gasteiger charge is -2.48. The Morgan fingerprint density at radius 1 is 0.900 bits per heavy atom. The second kappa shape index (κ2) is 4.16. The third kappa shape index (κ3) is 2.05. The topological polar surface area (TPSA) is 0 Å². The maximum Gasteiger partial charge on any atom is 0.372 e. The molecular formula is C10H10F10. The zero-order valence-electron chi connectivity index (χ0n) is 10.1. The lowest BCUT2D eigenvalue weighted by molar-refractivity contribution is -0.413. The molecule has 0 spiro atoms. The Kier molecular flexibility index (Phi) is 3.61. The van der Waals surface area contributed by atoms with Crippen LogP contribution in [0, 0.1) is 11.8 Å². The van der Waals surface area contributed by atoms with Crippen molar-refractivity contribution >= 4 is 0 Å². The van der Waals surface area contributed by atoms with E-state index in [-0.39, 0.29) is 0 Å². The highest BCUT2D eigenvalue weighted by molar-refractivity contribution is 5.14. The van der Waals surface area contributed by atoms with Gasteiger partial charge in [0.2, 0.25) is 0 Å². The molecule has 1 unspecified atom stereocenters. The van der Waals surface area contributed by atoms with Gasteiger partial charge in [-0.3, -0.25) is 0 Å². The van der Waals surface area contributed by atoms with Crippen LogP contribution in [0.1, 0.15) is 20.3 Å². The van der Waals surface area contributed by atoms with Crippen molar-refractivity contribution in [2.75, 3.05) is 0 Å². The molecule has 0 nitrogen and oxygen atoms in total. The molecule has 1 atom stereocenters. The van der Waals surface area contributed by atoms with Crippen molar-refractivity contribution in [3.05, 3.63) is 0 Å². The van der Waals surface area contributed by atoms with E-state index in [0.717, 1.165) is 0 Å². The van der Waals surface area contributed by atoms with Gasteiger partial charge in [-0.1, -0.05) is 13.8 Å². The summed E-state index contributed by atoms with van der Waals surface area (Å²) in [6, 6.07) is 0. The molecule has 1 saturated carbocycles. The summed E-state index contributed by atoms with van der Waals surface area (Å²) in [4.78, 5) is 0. The van der Waals surface area contributed by atoms with Gasteiger partial charge in [-0.25, -0.2) is 17.6 Å². The molecule has 10 heteroatoms. The van der Waals surface area contributed by atoms with E-state index in [2.05, 4.69) is 0 Å². The number of hydrogen-bond donors (Lipinski definition) is 0. The predicted molar refractivity (Wildman–Crippen MR) is 47.7 cm³/mol. The van der Waals surface area contributed by atoms with Crippen molar-refractivity contribution in [2.24, 2.45) is 11.8 Å². The molecule has 0 bridgehead atoms. The summed E-state index contributed by atoms with van der Waals surface area (Å²) >= 11 is 0. The SMILES string of the molecule is CC(C)C(F)(F)C1C(F)(F)CC(F)(F)C(F)(F)C1(F)F. The Balaban J connectivity index is 3.51. The number of alkyl halides is 10. The molecule has 1 rings (SSSR count). The van der Waals surface area contributed by atoms with Gasteiger partial charge in [-0.05, 0) is 0 Å². The third-order valence-corrected chi connectivity index (χ3v) is 3.28. The van der Waals surface area contributed by atoms with Crippen LogP contribution in [0.5, 0.6) is 0 Å². The Hall–Kier alpha value is -0.700. The van der Waals surface area contributed by atoms with Gasteiger partial charge >= 0.3 is 17.8 Å². The molecule has 0 aromatic rings. The molecule has 0 amide bonds. The van der Waals surface area contributed by atoms with Crippen LogP contribution in [0.4, 0.5) is 43.9 Å². The zero-order chi connectivity index (χ0) is 16.4. The molecule has 0 heterocycles. The van der Waals surface area contributed by atoms with Gasteiger partial charge in [0.05, 0.1) is 6.42 Å². The standard InChI is InChI=1S/C10H10F10/c1-4(2)8(15,16)5-6(11,12)3-7(13,14)10(19,20)9(5,17)18/h4-5H,3H2,1-2H3. The van der Waals surface area contributed by atoms with E-state index < -0.39 is 47.9 Å². The van der Waals surface area contributed by atoms with Gasteiger partial charge in [0.15, 0.2) is 5.92 Å². The van der Waals surface area contributed by atoms with Crippen LogP contribution in [0.3, 0.4) is 0 Å². The van der Waals surface area contributed by atoms with E-state index in [1.54, 1.807) is 0 Å². The van der Waals surface area contributed by atoms with Gasteiger partial charge in [-0.2, -0.15) is 26.3 Å². The Bertz CT molecular complexity index is 383. The van der Waals surface area contributed by atoms with E-state index in [9.17, 15) is 43.9 Å². The van der Waals surface area contributed by atoms with Crippen molar-refractivity contribution in [3.63, 3.8) is 0 Å². The summed E-state index contributed by atoms with van der Waals surface area (Å²) in [5.41, 5.74) is 0. The molecule has 120 valence electrons. The van der Waals surface area contributed by atoms with E-state index in [4.69, 9.17) is 0 Å². The average molecular weight is 320 g/mol. The third-order valence-electron chi connectivity index (χ3n) is 3.28. The first-order valence-electron chi connectivity index (χ1n) is 5.41. The highest BCUT2D eigenvalue weighted by Gasteiger charge is 2.87. The van der Waals surface area contributed by atoms with Crippen LogP contribution < -0.4 is 0 Å². The van der Waals surface area contributed by atoms with Crippen molar-refractivity contribution in [1.82, 2.24) is 0 Å². The Morgan fingerprint density at radius 2 is 1.30 bits per heavy atom. The summed E-state index contributed by atoms with van der Waals surface area (Å²) in [6.45, 7) is 1.11. The fraction of sp³-hybridized carbons (Fsp3) is 1.00. The second-order valence-electron chi connectivity index (χ2n) is 5.10. The van der Waals surface area contributed by atoms with Gasteiger partial charge < -0.3 is 0 Å². The molecule has 0 saturated heterocycles.